The molecule has 0 aliphatic heterocycles. The number of para-hydroxylation sites is 5. The molecular weight excluding hydrogens is 546 g/mol. The molecule has 0 amide bonds. The number of benzene rings is 6. The predicted molar refractivity (Wildman–Crippen MR) is 189 cm³/mol. The lowest BCUT2D eigenvalue weighted by Gasteiger charge is -2.12. The van der Waals surface area contributed by atoms with Crippen molar-refractivity contribution in [1.29, 1.82) is 0 Å². The molecule has 0 N–H and O–H groups in total. The third-order valence-corrected chi connectivity index (χ3v) is 9.43. The smallest absolute Gasteiger partial charge is 0.0790 e. The molecule has 0 unspecified atom stereocenters. The molecule has 6 aromatic carbocycles. The van der Waals surface area contributed by atoms with Crippen LogP contribution in [0.2, 0.25) is 0 Å². The summed E-state index contributed by atoms with van der Waals surface area (Å²) in [6.45, 7) is 0. The Morgan fingerprint density at radius 1 is 0.333 bits per heavy atom. The number of fused-ring (bicyclic) bond motifs is 10. The molecule has 10 aromatic rings. The molecule has 4 aromatic heterocycles. The molecule has 3 heteroatoms. The molecule has 0 fully saturated rings. The number of aromatic nitrogens is 3. The van der Waals surface area contributed by atoms with Crippen LogP contribution in [0.4, 0.5) is 0 Å². The zero-order chi connectivity index (χ0) is 29.5. The lowest BCUT2D eigenvalue weighted by Crippen LogP contribution is -1.96. The van der Waals surface area contributed by atoms with Crippen LogP contribution in [-0.2, 0) is 0 Å². The van der Waals surface area contributed by atoms with Gasteiger partial charge in [0.1, 0.15) is 0 Å². The Hall–Kier alpha value is -6.06. The van der Waals surface area contributed by atoms with Crippen molar-refractivity contribution in [2.75, 3.05) is 0 Å². The van der Waals surface area contributed by atoms with E-state index in [1.165, 1.54) is 71.2 Å². The van der Waals surface area contributed by atoms with E-state index in [9.17, 15) is 0 Å². The van der Waals surface area contributed by atoms with E-state index in [-0.39, 0.29) is 0 Å². The van der Waals surface area contributed by atoms with Crippen LogP contribution < -0.4 is 0 Å². The second-order valence-corrected chi connectivity index (χ2v) is 11.8. The standard InChI is InChI=1S/C42H27N3/c1-2-14-29(15-3-1)45-39-24-11-6-19-33(39)34-25-26-43-36-21-8-7-20-35(36)40(42(43)41(34)45)28-13-12-16-30(27-28)44-37-22-9-4-17-31(37)32-18-5-10-23-38(32)44/h1-27H. The molecule has 0 aliphatic carbocycles. The lowest BCUT2D eigenvalue weighted by molar-refractivity contribution is 1.17. The second-order valence-electron chi connectivity index (χ2n) is 11.8. The van der Waals surface area contributed by atoms with Crippen molar-refractivity contribution < 1.29 is 0 Å². The predicted octanol–water partition coefficient (Wildman–Crippen LogP) is 11.0. The maximum Gasteiger partial charge on any atom is 0.0790 e. The molecule has 210 valence electrons. The SMILES string of the molecule is c1ccc(-n2c3ccccc3c3ccn4c5ccccc5c(-c5cccc(-n6c7ccccc7c7ccccc76)c5)c4c32)cc1. The molecule has 0 radical (unpaired) electrons. The Bertz CT molecular complexity index is 2700. The average Bonchev–Trinajstić information content (AvgIpc) is 3.75. The van der Waals surface area contributed by atoms with Gasteiger partial charge < -0.3 is 13.5 Å². The van der Waals surface area contributed by atoms with E-state index in [0.29, 0.717) is 0 Å². The van der Waals surface area contributed by atoms with Crippen molar-refractivity contribution in [3.63, 3.8) is 0 Å². The van der Waals surface area contributed by atoms with Crippen LogP contribution in [-0.4, -0.2) is 13.5 Å². The van der Waals surface area contributed by atoms with Crippen LogP contribution in [0.3, 0.4) is 0 Å². The van der Waals surface area contributed by atoms with Gasteiger partial charge in [-0.25, -0.2) is 0 Å². The number of hydrogen-bond acceptors (Lipinski definition) is 0. The van der Waals surface area contributed by atoms with Crippen molar-refractivity contribution in [2.45, 2.75) is 0 Å². The number of hydrogen-bond donors (Lipinski definition) is 0. The highest BCUT2D eigenvalue weighted by atomic mass is 15.0. The maximum atomic E-state index is 2.44. The Balaban J connectivity index is 1.36. The largest absolute Gasteiger partial charge is 0.314 e. The maximum absolute atomic E-state index is 2.44. The summed E-state index contributed by atoms with van der Waals surface area (Å²) in [6, 6.07) is 57.2. The molecule has 4 heterocycles. The Morgan fingerprint density at radius 2 is 0.867 bits per heavy atom. The molecule has 0 saturated heterocycles. The summed E-state index contributed by atoms with van der Waals surface area (Å²) in [5, 5.41) is 6.30. The van der Waals surface area contributed by atoms with E-state index >= 15 is 0 Å². The van der Waals surface area contributed by atoms with Crippen LogP contribution in [0, 0.1) is 0 Å². The van der Waals surface area contributed by atoms with E-state index in [2.05, 4.69) is 177 Å². The summed E-state index contributed by atoms with van der Waals surface area (Å²) in [5.74, 6) is 0. The zero-order valence-corrected chi connectivity index (χ0v) is 24.4. The molecular formula is C42H27N3. The fraction of sp³-hybridized carbons (Fsp3) is 0. The highest BCUT2D eigenvalue weighted by molar-refractivity contribution is 6.20. The molecule has 0 spiro atoms. The van der Waals surface area contributed by atoms with E-state index in [0.717, 1.165) is 11.4 Å². The van der Waals surface area contributed by atoms with Crippen molar-refractivity contribution in [3.05, 3.63) is 164 Å². The molecule has 0 atom stereocenters. The topological polar surface area (TPSA) is 14.3 Å². The first-order valence-electron chi connectivity index (χ1n) is 15.5. The summed E-state index contributed by atoms with van der Waals surface area (Å²) in [6.07, 6.45) is 2.25. The minimum Gasteiger partial charge on any atom is -0.314 e. The Labute approximate surface area is 259 Å². The molecule has 3 nitrogen and oxygen atoms in total. The quantitative estimate of drug-likeness (QED) is 0.200. The van der Waals surface area contributed by atoms with Gasteiger partial charge in [-0.1, -0.05) is 103 Å². The Morgan fingerprint density at radius 3 is 1.56 bits per heavy atom. The highest BCUT2D eigenvalue weighted by Gasteiger charge is 2.22. The summed E-state index contributed by atoms with van der Waals surface area (Å²) >= 11 is 0. The van der Waals surface area contributed by atoms with Crippen molar-refractivity contribution in [1.82, 2.24) is 13.5 Å². The van der Waals surface area contributed by atoms with Gasteiger partial charge >= 0.3 is 0 Å². The molecule has 0 saturated carbocycles. The van der Waals surface area contributed by atoms with Crippen molar-refractivity contribution in [3.8, 4) is 22.5 Å². The fourth-order valence-electron chi connectivity index (χ4n) is 7.61. The van der Waals surface area contributed by atoms with Gasteiger partial charge in [0.15, 0.2) is 0 Å². The molecule has 45 heavy (non-hydrogen) atoms. The van der Waals surface area contributed by atoms with Crippen LogP contribution in [0.25, 0.3) is 82.5 Å². The van der Waals surface area contributed by atoms with E-state index in [1.807, 2.05) is 0 Å². The first-order valence-corrected chi connectivity index (χ1v) is 15.5. The van der Waals surface area contributed by atoms with E-state index < -0.39 is 0 Å². The summed E-state index contributed by atoms with van der Waals surface area (Å²) in [4.78, 5) is 0. The van der Waals surface area contributed by atoms with Crippen molar-refractivity contribution >= 4 is 60.0 Å². The van der Waals surface area contributed by atoms with Gasteiger partial charge in [0.05, 0.1) is 33.1 Å². The molecule has 0 bridgehead atoms. The van der Waals surface area contributed by atoms with Crippen molar-refractivity contribution in [2.24, 2.45) is 0 Å². The summed E-state index contributed by atoms with van der Waals surface area (Å²) in [7, 11) is 0. The van der Waals surface area contributed by atoms with Gasteiger partial charge in [-0.2, -0.15) is 0 Å². The lowest BCUT2D eigenvalue weighted by atomic mass is 10.0. The Kier molecular flexibility index (Phi) is 5.00. The number of rotatable bonds is 3. The zero-order valence-electron chi connectivity index (χ0n) is 24.4. The highest BCUT2D eigenvalue weighted by Crippen LogP contribution is 2.43. The summed E-state index contributed by atoms with van der Waals surface area (Å²) < 4.78 is 7.24. The van der Waals surface area contributed by atoms with Gasteiger partial charge in [0.25, 0.3) is 0 Å². The van der Waals surface area contributed by atoms with Gasteiger partial charge in [0.2, 0.25) is 0 Å². The van der Waals surface area contributed by atoms with E-state index in [1.54, 1.807) is 0 Å². The first-order chi connectivity index (χ1) is 22.4. The van der Waals surface area contributed by atoms with Gasteiger partial charge in [-0.05, 0) is 60.2 Å². The third kappa shape index (κ3) is 3.35. The van der Waals surface area contributed by atoms with Gasteiger partial charge in [-0.3, -0.25) is 0 Å². The minimum atomic E-state index is 1.16. The molecule has 10 rings (SSSR count). The average molecular weight is 574 g/mol. The van der Waals surface area contributed by atoms with Crippen LogP contribution in [0.1, 0.15) is 0 Å². The number of pyridine rings is 1. The molecule has 0 aliphatic rings. The first kappa shape index (κ1) is 24.4. The van der Waals surface area contributed by atoms with Crippen LogP contribution in [0.15, 0.2) is 164 Å². The minimum absolute atomic E-state index is 1.16. The third-order valence-electron chi connectivity index (χ3n) is 9.43. The van der Waals surface area contributed by atoms with Crippen LogP contribution >= 0.6 is 0 Å². The van der Waals surface area contributed by atoms with E-state index in [4.69, 9.17) is 0 Å². The normalized spacial score (nSPS) is 12.0. The summed E-state index contributed by atoms with van der Waals surface area (Å²) in [5.41, 5.74) is 12.0. The second kappa shape index (κ2) is 9.22. The van der Waals surface area contributed by atoms with Gasteiger partial charge in [-0.15, -0.1) is 0 Å². The fourth-order valence-corrected chi connectivity index (χ4v) is 7.61. The monoisotopic (exact) mass is 573 g/mol. The van der Waals surface area contributed by atoms with Crippen LogP contribution in [0.5, 0.6) is 0 Å². The van der Waals surface area contributed by atoms with Gasteiger partial charge in [0, 0.05) is 50.1 Å². The number of nitrogens with zero attached hydrogens (tertiary/aromatic N) is 3.